The molecule has 2 nitrogen and oxygen atoms in total. The van der Waals surface area contributed by atoms with Gasteiger partial charge >= 0.3 is 0 Å². The van der Waals surface area contributed by atoms with Crippen LogP contribution in [0.4, 0.5) is 4.39 Å². The fourth-order valence-corrected chi connectivity index (χ4v) is 1.51. The Balaban J connectivity index is 2.45. The molecule has 0 unspecified atom stereocenters. The highest BCUT2D eigenvalue weighted by Gasteiger charge is 2.09. The van der Waals surface area contributed by atoms with Gasteiger partial charge in [0.05, 0.1) is 5.56 Å². The Hall–Kier alpha value is -1.77. The van der Waals surface area contributed by atoms with Gasteiger partial charge in [-0.25, -0.2) is 14.4 Å². The first kappa shape index (κ1) is 10.7. The number of hydrogen-bond donors (Lipinski definition) is 0. The van der Waals surface area contributed by atoms with E-state index in [1.54, 1.807) is 30.6 Å². The lowest BCUT2D eigenvalue weighted by Gasteiger charge is -2.07. The maximum absolute atomic E-state index is 13.8. The first-order valence-electron chi connectivity index (χ1n) is 5.25. The number of rotatable bonds is 2. The molecule has 3 heteroatoms. The molecule has 1 heterocycles. The second-order valence-corrected chi connectivity index (χ2v) is 3.97. The Morgan fingerprint density at radius 1 is 1.12 bits per heavy atom. The Morgan fingerprint density at radius 2 is 1.81 bits per heavy atom. The highest BCUT2D eigenvalue weighted by Crippen LogP contribution is 2.23. The molecule has 0 bridgehead atoms. The Labute approximate surface area is 94.2 Å². The van der Waals surface area contributed by atoms with Crippen LogP contribution in [0.2, 0.25) is 0 Å². The monoisotopic (exact) mass is 216 g/mol. The van der Waals surface area contributed by atoms with Gasteiger partial charge in [-0.1, -0.05) is 19.9 Å². The number of aromatic nitrogens is 2. The van der Waals surface area contributed by atoms with Gasteiger partial charge in [-0.3, -0.25) is 0 Å². The SMILES string of the molecule is CC(C)c1ccc(-c2ncccn2)c(F)c1. The van der Waals surface area contributed by atoms with Crippen molar-refractivity contribution in [2.45, 2.75) is 19.8 Å². The van der Waals surface area contributed by atoms with E-state index in [-0.39, 0.29) is 5.82 Å². The summed E-state index contributed by atoms with van der Waals surface area (Å²) in [5.41, 5.74) is 1.43. The molecule has 0 spiro atoms. The smallest absolute Gasteiger partial charge is 0.162 e. The van der Waals surface area contributed by atoms with Gasteiger partial charge in [-0.15, -0.1) is 0 Å². The van der Waals surface area contributed by atoms with Gasteiger partial charge in [0, 0.05) is 12.4 Å². The van der Waals surface area contributed by atoms with Crippen molar-refractivity contribution in [2.24, 2.45) is 0 Å². The predicted molar refractivity (Wildman–Crippen MR) is 61.5 cm³/mol. The van der Waals surface area contributed by atoms with Crippen LogP contribution in [-0.2, 0) is 0 Å². The Morgan fingerprint density at radius 3 is 2.38 bits per heavy atom. The molecule has 2 rings (SSSR count). The van der Waals surface area contributed by atoms with Crippen LogP contribution in [0, 0.1) is 5.82 Å². The van der Waals surface area contributed by atoms with Crippen molar-refractivity contribution in [1.29, 1.82) is 0 Å². The van der Waals surface area contributed by atoms with E-state index >= 15 is 0 Å². The molecule has 0 fully saturated rings. The fourth-order valence-electron chi connectivity index (χ4n) is 1.51. The zero-order chi connectivity index (χ0) is 11.5. The van der Waals surface area contributed by atoms with Gasteiger partial charge in [-0.05, 0) is 29.7 Å². The molecular formula is C13H13FN2. The van der Waals surface area contributed by atoms with E-state index < -0.39 is 0 Å². The number of nitrogens with zero attached hydrogens (tertiary/aromatic N) is 2. The molecule has 0 radical (unpaired) electrons. The molecule has 1 aromatic heterocycles. The second-order valence-electron chi connectivity index (χ2n) is 3.97. The summed E-state index contributed by atoms with van der Waals surface area (Å²) < 4.78 is 13.8. The van der Waals surface area contributed by atoms with Gasteiger partial charge in [0.25, 0.3) is 0 Å². The van der Waals surface area contributed by atoms with Gasteiger partial charge in [-0.2, -0.15) is 0 Å². The van der Waals surface area contributed by atoms with Crippen molar-refractivity contribution >= 4 is 0 Å². The summed E-state index contributed by atoms with van der Waals surface area (Å²) in [6, 6.07) is 6.92. The number of hydrogen-bond acceptors (Lipinski definition) is 2. The summed E-state index contributed by atoms with van der Waals surface area (Å²) >= 11 is 0. The third-order valence-corrected chi connectivity index (χ3v) is 2.47. The number of halogens is 1. The molecule has 0 aliphatic carbocycles. The van der Waals surface area contributed by atoms with Crippen molar-refractivity contribution in [3.63, 3.8) is 0 Å². The van der Waals surface area contributed by atoms with E-state index in [9.17, 15) is 4.39 Å². The van der Waals surface area contributed by atoms with Gasteiger partial charge in [0.1, 0.15) is 5.82 Å². The zero-order valence-corrected chi connectivity index (χ0v) is 9.31. The first-order chi connectivity index (χ1) is 7.68. The van der Waals surface area contributed by atoms with Crippen molar-refractivity contribution in [2.75, 3.05) is 0 Å². The Bertz CT molecular complexity index is 481. The Kier molecular flexibility index (Phi) is 2.95. The maximum atomic E-state index is 13.8. The van der Waals surface area contributed by atoms with E-state index in [0.29, 0.717) is 17.3 Å². The summed E-state index contributed by atoms with van der Waals surface area (Å²) in [4.78, 5) is 8.07. The number of benzene rings is 1. The maximum Gasteiger partial charge on any atom is 0.162 e. The summed E-state index contributed by atoms with van der Waals surface area (Å²) in [5, 5.41) is 0. The molecule has 0 N–H and O–H groups in total. The largest absolute Gasteiger partial charge is 0.236 e. The molecular weight excluding hydrogens is 203 g/mol. The van der Waals surface area contributed by atoms with Crippen LogP contribution < -0.4 is 0 Å². The highest BCUT2D eigenvalue weighted by molar-refractivity contribution is 5.56. The zero-order valence-electron chi connectivity index (χ0n) is 9.31. The molecule has 16 heavy (non-hydrogen) atoms. The molecule has 1 aromatic carbocycles. The van der Waals surface area contributed by atoms with Crippen LogP contribution >= 0.6 is 0 Å². The van der Waals surface area contributed by atoms with Crippen LogP contribution in [0.1, 0.15) is 25.3 Å². The quantitative estimate of drug-likeness (QED) is 0.768. The normalized spacial score (nSPS) is 10.8. The summed E-state index contributed by atoms with van der Waals surface area (Å²) in [7, 11) is 0. The first-order valence-corrected chi connectivity index (χ1v) is 5.25. The lowest BCUT2D eigenvalue weighted by atomic mass is 10.0. The van der Waals surface area contributed by atoms with Crippen molar-refractivity contribution < 1.29 is 4.39 Å². The molecule has 2 aromatic rings. The van der Waals surface area contributed by atoms with Crippen molar-refractivity contribution in [1.82, 2.24) is 9.97 Å². The van der Waals surface area contributed by atoms with Gasteiger partial charge in [0.15, 0.2) is 5.82 Å². The third kappa shape index (κ3) is 2.08. The third-order valence-electron chi connectivity index (χ3n) is 2.47. The van der Waals surface area contributed by atoms with E-state index in [1.807, 2.05) is 19.9 Å². The van der Waals surface area contributed by atoms with Crippen molar-refractivity contribution in [3.8, 4) is 11.4 Å². The van der Waals surface area contributed by atoms with Gasteiger partial charge < -0.3 is 0 Å². The van der Waals surface area contributed by atoms with E-state index in [1.165, 1.54) is 0 Å². The summed E-state index contributed by atoms with van der Waals surface area (Å²) in [5.74, 6) is 0.480. The summed E-state index contributed by atoms with van der Waals surface area (Å²) in [6.45, 7) is 4.07. The van der Waals surface area contributed by atoms with Crippen LogP contribution in [0.25, 0.3) is 11.4 Å². The fraction of sp³-hybridized carbons (Fsp3) is 0.231. The van der Waals surface area contributed by atoms with Crippen LogP contribution in [0.15, 0.2) is 36.7 Å². The van der Waals surface area contributed by atoms with Crippen LogP contribution in [-0.4, -0.2) is 9.97 Å². The van der Waals surface area contributed by atoms with Crippen LogP contribution in [0.3, 0.4) is 0 Å². The predicted octanol–water partition coefficient (Wildman–Crippen LogP) is 3.41. The average molecular weight is 216 g/mol. The molecule has 0 saturated heterocycles. The van der Waals surface area contributed by atoms with Gasteiger partial charge in [0.2, 0.25) is 0 Å². The molecule has 0 aliphatic heterocycles. The lowest BCUT2D eigenvalue weighted by molar-refractivity contribution is 0.625. The molecule has 0 aliphatic rings. The topological polar surface area (TPSA) is 25.8 Å². The van der Waals surface area contributed by atoms with E-state index in [4.69, 9.17) is 0 Å². The standard InChI is InChI=1S/C13H13FN2/c1-9(2)10-4-5-11(12(14)8-10)13-15-6-3-7-16-13/h3-9H,1-2H3. The minimum absolute atomic E-state index is 0.266. The molecule has 0 amide bonds. The average Bonchev–Trinajstić information content (AvgIpc) is 2.30. The van der Waals surface area contributed by atoms with E-state index in [0.717, 1.165) is 5.56 Å². The summed E-state index contributed by atoms with van der Waals surface area (Å²) in [6.07, 6.45) is 3.22. The molecule has 0 atom stereocenters. The molecule has 82 valence electrons. The van der Waals surface area contributed by atoms with E-state index in [2.05, 4.69) is 9.97 Å². The second kappa shape index (κ2) is 4.39. The van der Waals surface area contributed by atoms with Crippen LogP contribution in [0.5, 0.6) is 0 Å². The van der Waals surface area contributed by atoms with Crippen molar-refractivity contribution in [3.05, 3.63) is 48.0 Å². The highest BCUT2D eigenvalue weighted by atomic mass is 19.1. The molecule has 0 saturated carbocycles. The minimum Gasteiger partial charge on any atom is -0.236 e. The minimum atomic E-state index is -0.266. The lowest BCUT2D eigenvalue weighted by Crippen LogP contribution is -1.94.